The van der Waals surface area contributed by atoms with Crippen molar-refractivity contribution in [3.63, 3.8) is 0 Å². The second-order valence-corrected chi connectivity index (χ2v) is 7.66. The second-order valence-electron chi connectivity index (χ2n) is 5.54. The van der Waals surface area contributed by atoms with Crippen LogP contribution >= 0.6 is 0 Å². The molecule has 1 aliphatic rings. The summed E-state index contributed by atoms with van der Waals surface area (Å²) in [6.45, 7) is 2.17. The van der Waals surface area contributed by atoms with Crippen molar-refractivity contribution >= 4 is 10.0 Å². The number of methoxy groups -OCH3 is 1. The fourth-order valence-corrected chi connectivity index (χ4v) is 4.16. The van der Waals surface area contributed by atoms with E-state index in [1.165, 1.54) is 4.31 Å². The molecule has 1 fully saturated rings. The normalized spacial score (nSPS) is 17.1. The fraction of sp³-hybridized carbons (Fsp3) is 0.600. The van der Waals surface area contributed by atoms with Gasteiger partial charge in [0.05, 0.1) is 12.9 Å². The van der Waals surface area contributed by atoms with Crippen LogP contribution in [0.5, 0.6) is 5.75 Å². The van der Waals surface area contributed by atoms with Gasteiger partial charge in [-0.2, -0.15) is 0 Å². The Labute approximate surface area is 127 Å². The van der Waals surface area contributed by atoms with Crippen molar-refractivity contribution in [2.24, 2.45) is 5.92 Å². The molecule has 1 aliphatic heterocycles. The van der Waals surface area contributed by atoms with Crippen LogP contribution in [0.4, 0.5) is 0 Å². The quantitative estimate of drug-likeness (QED) is 0.864. The molecular weight excluding hydrogens is 288 g/mol. The van der Waals surface area contributed by atoms with Crippen LogP contribution in [-0.2, 0) is 16.6 Å². The van der Waals surface area contributed by atoms with Gasteiger partial charge < -0.3 is 10.1 Å². The number of ether oxygens (including phenoxy) is 1. The molecule has 1 heterocycles. The summed E-state index contributed by atoms with van der Waals surface area (Å²) in [5.74, 6) is 1.22. The highest BCUT2D eigenvalue weighted by Gasteiger charge is 2.25. The van der Waals surface area contributed by atoms with E-state index in [1.54, 1.807) is 14.2 Å². The van der Waals surface area contributed by atoms with Gasteiger partial charge in [0.1, 0.15) is 5.75 Å². The van der Waals surface area contributed by atoms with E-state index < -0.39 is 10.0 Å². The zero-order valence-electron chi connectivity index (χ0n) is 12.7. The van der Waals surface area contributed by atoms with Gasteiger partial charge in [-0.05, 0) is 37.9 Å². The maximum Gasteiger partial charge on any atom is 0.214 e. The summed E-state index contributed by atoms with van der Waals surface area (Å²) in [5.41, 5.74) is 0.886. The van der Waals surface area contributed by atoms with E-state index in [9.17, 15) is 8.42 Å². The Hall–Kier alpha value is -1.11. The van der Waals surface area contributed by atoms with Crippen LogP contribution in [-0.4, -0.2) is 45.7 Å². The standard InChI is InChI=1S/C15H24N2O3S/c1-17(11-14-5-3-4-6-15(14)20-2)21(18,19)12-13-7-9-16-10-8-13/h3-6,13,16H,7-12H2,1-2H3. The van der Waals surface area contributed by atoms with Crippen molar-refractivity contribution < 1.29 is 13.2 Å². The molecule has 0 atom stereocenters. The summed E-state index contributed by atoms with van der Waals surface area (Å²) < 4.78 is 31.7. The molecule has 1 aromatic rings. The molecule has 6 heteroatoms. The summed E-state index contributed by atoms with van der Waals surface area (Å²) in [4.78, 5) is 0. The topological polar surface area (TPSA) is 58.6 Å². The SMILES string of the molecule is COc1ccccc1CN(C)S(=O)(=O)CC1CCNCC1. The third kappa shape index (κ3) is 4.43. The fourth-order valence-electron chi connectivity index (χ4n) is 2.65. The Morgan fingerprint density at radius 2 is 1.95 bits per heavy atom. The summed E-state index contributed by atoms with van der Waals surface area (Å²) in [7, 11) is 0.00820. The first-order valence-electron chi connectivity index (χ1n) is 7.29. The van der Waals surface area contributed by atoms with E-state index in [0.29, 0.717) is 6.54 Å². The van der Waals surface area contributed by atoms with Crippen LogP contribution < -0.4 is 10.1 Å². The molecule has 118 valence electrons. The zero-order valence-corrected chi connectivity index (χ0v) is 13.5. The second kappa shape index (κ2) is 7.24. The lowest BCUT2D eigenvalue weighted by Gasteiger charge is -2.25. The first kappa shape index (κ1) is 16.3. The molecule has 1 aromatic carbocycles. The molecule has 0 radical (unpaired) electrons. The lowest BCUT2D eigenvalue weighted by Crippen LogP contribution is -2.36. The summed E-state index contributed by atoms with van der Waals surface area (Å²) in [6.07, 6.45) is 1.86. The highest BCUT2D eigenvalue weighted by Crippen LogP contribution is 2.22. The van der Waals surface area contributed by atoms with Crippen LogP contribution in [0, 0.1) is 5.92 Å². The van der Waals surface area contributed by atoms with Gasteiger partial charge in [0, 0.05) is 19.2 Å². The van der Waals surface area contributed by atoms with Gasteiger partial charge in [0.2, 0.25) is 10.0 Å². The molecule has 0 amide bonds. The Morgan fingerprint density at radius 3 is 2.62 bits per heavy atom. The number of sulfonamides is 1. The third-order valence-corrected chi connectivity index (χ3v) is 5.94. The summed E-state index contributed by atoms with van der Waals surface area (Å²) in [6, 6.07) is 7.52. The average Bonchev–Trinajstić information content (AvgIpc) is 2.48. The molecule has 0 aromatic heterocycles. The maximum absolute atomic E-state index is 12.5. The van der Waals surface area contributed by atoms with Crippen LogP contribution in [0.3, 0.4) is 0 Å². The smallest absolute Gasteiger partial charge is 0.214 e. The first-order valence-corrected chi connectivity index (χ1v) is 8.90. The minimum atomic E-state index is -3.23. The van der Waals surface area contributed by atoms with Crippen molar-refractivity contribution in [2.45, 2.75) is 19.4 Å². The van der Waals surface area contributed by atoms with Gasteiger partial charge in [0.15, 0.2) is 0 Å². The lowest BCUT2D eigenvalue weighted by atomic mass is 10.0. The highest BCUT2D eigenvalue weighted by atomic mass is 32.2. The molecule has 0 unspecified atom stereocenters. The lowest BCUT2D eigenvalue weighted by molar-refractivity contribution is 0.382. The number of hydrogen-bond acceptors (Lipinski definition) is 4. The number of para-hydroxylation sites is 1. The van der Waals surface area contributed by atoms with Gasteiger partial charge >= 0.3 is 0 Å². The number of nitrogens with one attached hydrogen (secondary N) is 1. The van der Waals surface area contributed by atoms with Crippen LogP contribution in [0.25, 0.3) is 0 Å². The molecule has 1 saturated heterocycles. The van der Waals surface area contributed by atoms with Gasteiger partial charge in [-0.3, -0.25) is 0 Å². The molecule has 0 spiro atoms. The van der Waals surface area contributed by atoms with Gasteiger partial charge in [0.25, 0.3) is 0 Å². The molecular formula is C15H24N2O3S. The third-order valence-electron chi connectivity index (χ3n) is 3.97. The van der Waals surface area contributed by atoms with Gasteiger partial charge in [-0.1, -0.05) is 18.2 Å². The molecule has 0 aliphatic carbocycles. The van der Waals surface area contributed by atoms with E-state index in [4.69, 9.17) is 4.74 Å². The zero-order chi connectivity index (χ0) is 15.3. The van der Waals surface area contributed by atoms with Crippen LogP contribution in [0.2, 0.25) is 0 Å². The van der Waals surface area contributed by atoms with Crippen molar-refractivity contribution in [1.82, 2.24) is 9.62 Å². The largest absolute Gasteiger partial charge is 0.496 e. The molecule has 5 nitrogen and oxygen atoms in total. The van der Waals surface area contributed by atoms with Gasteiger partial charge in [-0.15, -0.1) is 0 Å². The van der Waals surface area contributed by atoms with E-state index in [-0.39, 0.29) is 11.7 Å². The average molecular weight is 312 g/mol. The van der Waals surface area contributed by atoms with E-state index in [2.05, 4.69) is 5.32 Å². The van der Waals surface area contributed by atoms with E-state index >= 15 is 0 Å². The van der Waals surface area contributed by atoms with Crippen molar-refractivity contribution in [2.75, 3.05) is 33.0 Å². The molecule has 0 bridgehead atoms. The first-order chi connectivity index (χ1) is 10.0. The van der Waals surface area contributed by atoms with Crippen molar-refractivity contribution in [3.8, 4) is 5.75 Å². The van der Waals surface area contributed by atoms with Crippen LogP contribution in [0.15, 0.2) is 24.3 Å². The minimum Gasteiger partial charge on any atom is -0.496 e. The molecule has 21 heavy (non-hydrogen) atoms. The summed E-state index contributed by atoms with van der Waals surface area (Å²) >= 11 is 0. The monoisotopic (exact) mass is 312 g/mol. The predicted molar refractivity (Wildman–Crippen MR) is 83.8 cm³/mol. The Kier molecular flexibility index (Phi) is 5.61. The van der Waals surface area contributed by atoms with Crippen LogP contribution in [0.1, 0.15) is 18.4 Å². The molecule has 0 saturated carbocycles. The number of piperidine rings is 1. The molecule has 1 N–H and O–H groups in total. The summed E-state index contributed by atoms with van der Waals surface area (Å²) in [5, 5.41) is 3.26. The van der Waals surface area contributed by atoms with Gasteiger partial charge in [-0.25, -0.2) is 12.7 Å². The number of nitrogens with zero attached hydrogens (tertiary/aromatic N) is 1. The number of rotatable bonds is 6. The maximum atomic E-state index is 12.5. The number of hydrogen-bond donors (Lipinski definition) is 1. The van der Waals surface area contributed by atoms with Crippen molar-refractivity contribution in [3.05, 3.63) is 29.8 Å². The predicted octanol–water partition coefficient (Wildman–Crippen LogP) is 1.46. The number of benzene rings is 1. The Balaban J connectivity index is 2.02. The van der Waals surface area contributed by atoms with E-state index in [0.717, 1.165) is 37.2 Å². The Bertz CT molecular complexity index is 554. The minimum absolute atomic E-state index is 0.236. The highest BCUT2D eigenvalue weighted by molar-refractivity contribution is 7.89. The molecule has 2 rings (SSSR count). The van der Waals surface area contributed by atoms with E-state index in [1.807, 2.05) is 24.3 Å². The Morgan fingerprint density at radius 1 is 1.29 bits per heavy atom. The van der Waals surface area contributed by atoms with Crippen molar-refractivity contribution in [1.29, 1.82) is 0 Å².